The number of hydrogen-bond donors (Lipinski definition) is 2. The predicted octanol–water partition coefficient (Wildman–Crippen LogP) is 2.83. The molecule has 0 fully saturated rings. The minimum atomic E-state index is -0.765. The van der Waals surface area contributed by atoms with Crippen molar-refractivity contribution >= 4 is 29.3 Å². The van der Waals surface area contributed by atoms with Crippen molar-refractivity contribution in [3.63, 3.8) is 0 Å². The van der Waals surface area contributed by atoms with Crippen LogP contribution in [0.15, 0.2) is 17.5 Å². The summed E-state index contributed by atoms with van der Waals surface area (Å²) in [6.45, 7) is 2.60. The van der Waals surface area contributed by atoms with Crippen LogP contribution < -0.4 is 5.32 Å². The highest BCUT2D eigenvalue weighted by Gasteiger charge is 1.99. The monoisotopic (exact) mass is 281 g/mol. The highest BCUT2D eigenvalue weighted by molar-refractivity contribution is 7.11. The van der Waals surface area contributed by atoms with Crippen LogP contribution in [0, 0.1) is 6.92 Å². The summed E-state index contributed by atoms with van der Waals surface area (Å²) in [5, 5.41) is 13.2. The van der Waals surface area contributed by atoms with Gasteiger partial charge in [0.1, 0.15) is 0 Å². The van der Waals surface area contributed by atoms with Crippen LogP contribution in [0.3, 0.4) is 0 Å². The SMILES string of the molecule is Cc1ccsc1/C=C/C(=O)NCCCCCC(=O)O. The number of carbonyl (C=O) groups excluding carboxylic acids is 1. The highest BCUT2D eigenvalue weighted by Crippen LogP contribution is 2.16. The van der Waals surface area contributed by atoms with Crippen molar-refractivity contribution in [2.24, 2.45) is 0 Å². The molecule has 4 nitrogen and oxygen atoms in total. The van der Waals surface area contributed by atoms with E-state index < -0.39 is 5.97 Å². The third-order valence-corrected chi connectivity index (χ3v) is 3.64. The van der Waals surface area contributed by atoms with Crippen LogP contribution in [0.4, 0.5) is 0 Å². The number of aliphatic carboxylic acids is 1. The second-order valence-corrected chi connectivity index (χ2v) is 5.24. The van der Waals surface area contributed by atoms with E-state index in [-0.39, 0.29) is 12.3 Å². The number of carboxylic acids is 1. The number of unbranched alkanes of at least 4 members (excludes halogenated alkanes) is 2. The van der Waals surface area contributed by atoms with Crippen molar-refractivity contribution in [3.8, 4) is 0 Å². The van der Waals surface area contributed by atoms with E-state index in [4.69, 9.17) is 5.11 Å². The molecule has 1 aromatic rings. The second kappa shape index (κ2) is 8.48. The second-order valence-electron chi connectivity index (χ2n) is 4.30. The molecule has 1 amide bonds. The minimum absolute atomic E-state index is 0.106. The number of carboxylic acid groups (broad SMARTS) is 1. The molecule has 2 N–H and O–H groups in total. The molecule has 1 heterocycles. The molecule has 19 heavy (non-hydrogen) atoms. The first-order chi connectivity index (χ1) is 9.09. The molecule has 0 atom stereocenters. The average molecular weight is 281 g/mol. The van der Waals surface area contributed by atoms with Gasteiger partial charge in [-0.1, -0.05) is 6.42 Å². The van der Waals surface area contributed by atoms with Crippen molar-refractivity contribution < 1.29 is 14.7 Å². The van der Waals surface area contributed by atoms with Crippen LogP contribution in [0.1, 0.15) is 36.1 Å². The summed E-state index contributed by atoms with van der Waals surface area (Å²) in [7, 11) is 0. The standard InChI is InChI=1S/C14H19NO3S/c1-11-8-10-19-12(11)6-7-13(16)15-9-4-2-3-5-14(17)18/h6-8,10H,2-5,9H2,1H3,(H,15,16)(H,17,18)/b7-6+. The molecule has 0 aromatic carbocycles. The van der Waals surface area contributed by atoms with Gasteiger partial charge in [-0.05, 0) is 42.9 Å². The van der Waals surface area contributed by atoms with E-state index in [1.807, 2.05) is 24.4 Å². The molecule has 104 valence electrons. The average Bonchev–Trinajstić information content (AvgIpc) is 2.76. The minimum Gasteiger partial charge on any atom is -0.481 e. The van der Waals surface area contributed by atoms with Gasteiger partial charge in [0.2, 0.25) is 5.91 Å². The van der Waals surface area contributed by atoms with Crippen LogP contribution in [-0.4, -0.2) is 23.5 Å². The number of hydrogen-bond acceptors (Lipinski definition) is 3. The summed E-state index contributed by atoms with van der Waals surface area (Å²) in [5.74, 6) is -0.871. The van der Waals surface area contributed by atoms with Gasteiger partial charge in [0, 0.05) is 23.9 Å². The number of rotatable bonds is 8. The first-order valence-electron chi connectivity index (χ1n) is 6.31. The Balaban J connectivity index is 2.13. The third-order valence-electron chi connectivity index (χ3n) is 2.65. The lowest BCUT2D eigenvalue weighted by Gasteiger charge is -2.01. The first-order valence-corrected chi connectivity index (χ1v) is 7.19. The number of aryl methyl sites for hydroxylation is 1. The largest absolute Gasteiger partial charge is 0.481 e. The molecule has 0 bridgehead atoms. The Bertz CT molecular complexity index is 451. The maximum atomic E-state index is 11.5. The van der Waals surface area contributed by atoms with Crippen molar-refractivity contribution in [1.29, 1.82) is 0 Å². The Kier molecular flexibility index (Phi) is 6.89. The Hall–Kier alpha value is -1.62. The van der Waals surface area contributed by atoms with Crippen molar-refractivity contribution in [1.82, 2.24) is 5.32 Å². The quantitative estimate of drug-likeness (QED) is 0.569. The lowest BCUT2D eigenvalue weighted by Crippen LogP contribution is -2.21. The maximum Gasteiger partial charge on any atom is 0.303 e. The Morgan fingerprint density at radius 3 is 2.79 bits per heavy atom. The van der Waals surface area contributed by atoms with Crippen molar-refractivity contribution in [2.45, 2.75) is 32.6 Å². The summed E-state index contributed by atoms with van der Waals surface area (Å²) in [4.78, 5) is 22.9. The molecular formula is C14H19NO3S. The lowest BCUT2D eigenvalue weighted by atomic mass is 10.2. The van der Waals surface area contributed by atoms with E-state index in [1.54, 1.807) is 11.3 Å². The molecule has 0 spiro atoms. The molecule has 0 saturated carbocycles. The third kappa shape index (κ3) is 6.76. The van der Waals surface area contributed by atoms with Crippen LogP contribution in [0.5, 0.6) is 0 Å². The van der Waals surface area contributed by atoms with E-state index in [9.17, 15) is 9.59 Å². The zero-order valence-electron chi connectivity index (χ0n) is 11.0. The first kappa shape index (κ1) is 15.4. The van der Waals surface area contributed by atoms with Crippen molar-refractivity contribution in [2.75, 3.05) is 6.54 Å². The molecule has 5 heteroatoms. The van der Waals surface area contributed by atoms with Gasteiger partial charge in [0.15, 0.2) is 0 Å². The molecular weight excluding hydrogens is 262 g/mol. The predicted molar refractivity (Wildman–Crippen MR) is 77.2 cm³/mol. The maximum absolute atomic E-state index is 11.5. The zero-order chi connectivity index (χ0) is 14.1. The zero-order valence-corrected chi connectivity index (χ0v) is 11.8. The molecule has 0 unspecified atom stereocenters. The molecule has 0 aliphatic carbocycles. The van der Waals surface area contributed by atoms with Gasteiger partial charge in [-0.2, -0.15) is 0 Å². The lowest BCUT2D eigenvalue weighted by molar-refractivity contribution is -0.137. The molecule has 1 aromatic heterocycles. The fraction of sp³-hybridized carbons (Fsp3) is 0.429. The topological polar surface area (TPSA) is 66.4 Å². The number of amides is 1. The van der Waals surface area contributed by atoms with Crippen LogP contribution in [0.2, 0.25) is 0 Å². The van der Waals surface area contributed by atoms with Gasteiger partial charge >= 0.3 is 5.97 Å². The number of thiophene rings is 1. The fourth-order valence-electron chi connectivity index (χ4n) is 1.56. The molecule has 0 aliphatic rings. The van der Waals surface area contributed by atoms with Gasteiger partial charge in [-0.25, -0.2) is 0 Å². The number of nitrogens with one attached hydrogen (secondary N) is 1. The molecule has 1 rings (SSSR count). The van der Waals surface area contributed by atoms with Gasteiger partial charge in [0.05, 0.1) is 0 Å². The Labute approximate surface area is 117 Å². The van der Waals surface area contributed by atoms with E-state index in [0.717, 1.165) is 17.7 Å². The van der Waals surface area contributed by atoms with E-state index in [1.165, 1.54) is 11.6 Å². The summed E-state index contributed by atoms with van der Waals surface area (Å²) >= 11 is 1.61. The molecule has 0 radical (unpaired) electrons. The van der Waals surface area contributed by atoms with Crippen molar-refractivity contribution in [3.05, 3.63) is 28.0 Å². The normalized spacial score (nSPS) is 10.8. The van der Waals surface area contributed by atoms with Crippen LogP contribution in [0.25, 0.3) is 6.08 Å². The van der Waals surface area contributed by atoms with Crippen LogP contribution >= 0.6 is 11.3 Å². The van der Waals surface area contributed by atoms with Gasteiger partial charge < -0.3 is 10.4 Å². The van der Waals surface area contributed by atoms with E-state index >= 15 is 0 Å². The summed E-state index contributed by atoms with van der Waals surface area (Å²) in [6.07, 6.45) is 5.85. The summed E-state index contributed by atoms with van der Waals surface area (Å²) < 4.78 is 0. The number of carbonyl (C=O) groups is 2. The molecule has 0 saturated heterocycles. The van der Waals surface area contributed by atoms with Gasteiger partial charge in [-0.15, -0.1) is 11.3 Å². The van der Waals surface area contributed by atoms with Gasteiger partial charge in [-0.3, -0.25) is 9.59 Å². The Morgan fingerprint density at radius 2 is 2.16 bits per heavy atom. The Morgan fingerprint density at radius 1 is 1.37 bits per heavy atom. The van der Waals surface area contributed by atoms with E-state index in [2.05, 4.69) is 5.32 Å². The molecule has 0 aliphatic heterocycles. The van der Waals surface area contributed by atoms with Crippen LogP contribution in [-0.2, 0) is 9.59 Å². The smallest absolute Gasteiger partial charge is 0.303 e. The van der Waals surface area contributed by atoms with Gasteiger partial charge in [0.25, 0.3) is 0 Å². The van der Waals surface area contributed by atoms with E-state index in [0.29, 0.717) is 13.0 Å². The highest BCUT2D eigenvalue weighted by atomic mass is 32.1. The fourth-order valence-corrected chi connectivity index (χ4v) is 2.37. The summed E-state index contributed by atoms with van der Waals surface area (Å²) in [6, 6.07) is 2.02. The summed E-state index contributed by atoms with van der Waals surface area (Å²) in [5.41, 5.74) is 1.17.